The number of pyridine rings is 1. The van der Waals surface area contributed by atoms with E-state index in [1.54, 1.807) is 0 Å². The van der Waals surface area contributed by atoms with Gasteiger partial charge in [0.05, 0.1) is 33.1 Å². The van der Waals surface area contributed by atoms with Gasteiger partial charge in [0.25, 0.3) is 5.91 Å². The maximum absolute atomic E-state index is 14.8. The molecule has 2 aliphatic heterocycles. The van der Waals surface area contributed by atoms with Gasteiger partial charge in [0, 0.05) is 29.7 Å². The fourth-order valence-electron chi connectivity index (χ4n) is 8.33. The Kier molecular flexibility index (Phi) is 11.1. The first-order valence-corrected chi connectivity index (χ1v) is 22.2. The van der Waals surface area contributed by atoms with Gasteiger partial charge in [-0.15, -0.1) is 24.5 Å². The normalized spacial score (nSPS) is 26.1. The zero-order chi connectivity index (χ0) is 43.5. The van der Waals surface area contributed by atoms with Crippen molar-refractivity contribution in [2.24, 2.45) is 11.3 Å². The van der Waals surface area contributed by atoms with Crippen LogP contribution in [0.4, 0.5) is 22.0 Å². The summed E-state index contributed by atoms with van der Waals surface area (Å²) in [6.45, 7) is 1.27. The van der Waals surface area contributed by atoms with Crippen LogP contribution in [0.2, 0.25) is 0 Å². The first-order chi connectivity index (χ1) is 28.8. The van der Waals surface area contributed by atoms with Crippen LogP contribution in [0.1, 0.15) is 80.8 Å². The smallest absolute Gasteiger partial charge is 0.472 e. The number of alkyl halides is 3. The van der Waals surface area contributed by atoms with Gasteiger partial charge in [-0.25, -0.2) is 17.8 Å². The minimum absolute atomic E-state index is 0.0134. The van der Waals surface area contributed by atoms with Crippen molar-refractivity contribution < 1.29 is 59.0 Å². The first-order valence-electron chi connectivity index (χ1n) is 19.9. The number of allylic oxidation sites excluding steroid dienone is 2. The van der Waals surface area contributed by atoms with E-state index in [1.165, 1.54) is 30.0 Å². The topological polar surface area (TPSA) is 161 Å². The van der Waals surface area contributed by atoms with Crippen LogP contribution in [0.15, 0.2) is 60.7 Å². The molecule has 4 heterocycles. The minimum Gasteiger partial charge on any atom is -0.472 e. The highest BCUT2D eigenvalue weighted by molar-refractivity contribution is 7.91. The molecule has 5 atom stereocenters. The molecule has 1 saturated heterocycles. The number of nitrogens with zero attached hydrogens (tertiary/aromatic N) is 2. The SMILES string of the molecule is CC1(S(=O)(=O)NC(=O)[C@]23CC(=O)[C@@H]4C[C@@H](Oc5nc6cc(OC(F)(F)F)ccc6c6ccc(F)cc56)CN4C(=O)[C@@H](NC(=O)c4ccc(F)s4)CCCCC/C=C\[C@@H]2C3)CC1. The van der Waals surface area contributed by atoms with Crippen LogP contribution in [0.5, 0.6) is 11.6 Å². The summed E-state index contributed by atoms with van der Waals surface area (Å²) < 4.78 is 106. The van der Waals surface area contributed by atoms with Crippen molar-refractivity contribution in [1.29, 1.82) is 0 Å². The zero-order valence-electron chi connectivity index (χ0n) is 32.7. The molecular weight excluding hydrogens is 848 g/mol. The average molecular weight is 889 g/mol. The molecule has 0 radical (unpaired) electrons. The lowest BCUT2D eigenvalue weighted by molar-refractivity contribution is -0.274. The number of halogens is 5. The highest BCUT2D eigenvalue weighted by atomic mass is 32.2. The number of Topliss-reactive ketones (excluding diaryl/α,β-unsaturated/α-hetero) is 1. The van der Waals surface area contributed by atoms with Crippen LogP contribution < -0.4 is 19.5 Å². The lowest BCUT2D eigenvalue weighted by atomic mass is 9.91. The Morgan fingerprint density at radius 2 is 1.75 bits per heavy atom. The van der Waals surface area contributed by atoms with Gasteiger partial charge in [-0.05, 0) is 93.2 Å². The second-order valence-electron chi connectivity index (χ2n) is 16.5. The number of sulfonamides is 1. The molecule has 2 N–H and O–H groups in total. The molecule has 2 aliphatic carbocycles. The Hall–Kier alpha value is -5.17. The van der Waals surface area contributed by atoms with Crippen molar-refractivity contribution in [2.75, 3.05) is 6.54 Å². The van der Waals surface area contributed by atoms with E-state index in [-0.39, 0.29) is 47.5 Å². The highest BCUT2D eigenvalue weighted by Crippen LogP contribution is 2.57. The molecule has 4 aliphatic rings. The van der Waals surface area contributed by atoms with E-state index in [4.69, 9.17) is 4.74 Å². The molecule has 4 aromatic rings. The van der Waals surface area contributed by atoms with Crippen molar-refractivity contribution in [3.05, 3.63) is 76.5 Å². The van der Waals surface area contributed by atoms with Crippen LogP contribution >= 0.6 is 11.3 Å². The Labute approximate surface area is 350 Å². The van der Waals surface area contributed by atoms with Crippen LogP contribution in [0, 0.1) is 22.3 Å². The molecule has 324 valence electrons. The van der Waals surface area contributed by atoms with E-state index in [0.717, 1.165) is 30.3 Å². The predicted octanol–water partition coefficient (Wildman–Crippen LogP) is 7.26. The number of thiophene rings is 1. The molecule has 0 bridgehead atoms. The van der Waals surface area contributed by atoms with Crippen LogP contribution in [-0.2, 0) is 24.4 Å². The molecule has 3 fully saturated rings. The molecule has 61 heavy (non-hydrogen) atoms. The zero-order valence-corrected chi connectivity index (χ0v) is 34.4. The summed E-state index contributed by atoms with van der Waals surface area (Å²) in [5.41, 5.74) is -1.42. The quantitative estimate of drug-likeness (QED) is 0.106. The number of rotatable bonds is 8. The summed E-state index contributed by atoms with van der Waals surface area (Å²) in [6, 6.07) is 7.18. The second-order valence-corrected chi connectivity index (χ2v) is 19.7. The maximum atomic E-state index is 14.8. The van der Waals surface area contributed by atoms with Gasteiger partial charge in [-0.2, -0.15) is 4.39 Å². The number of nitrogens with one attached hydrogen (secondary N) is 2. The lowest BCUT2D eigenvalue weighted by Crippen LogP contribution is -2.52. The lowest BCUT2D eigenvalue weighted by Gasteiger charge is -2.29. The van der Waals surface area contributed by atoms with Crippen molar-refractivity contribution in [3.63, 3.8) is 0 Å². The minimum atomic E-state index is -5.00. The van der Waals surface area contributed by atoms with Gasteiger partial charge in [-0.1, -0.05) is 31.1 Å². The number of hydrogen-bond donors (Lipinski definition) is 2. The fraction of sp³-hybridized carbons (Fsp3) is 0.452. The van der Waals surface area contributed by atoms with Gasteiger partial charge in [0.2, 0.25) is 27.7 Å². The molecule has 0 unspecified atom stereocenters. The molecule has 2 saturated carbocycles. The average Bonchev–Trinajstić information content (AvgIpc) is 3.99. The summed E-state index contributed by atoms with van der Waals surface area (Å²) >= 11 is 0.596. The number of ether oxygens (including phenoxy) is 2. The largest absolute Gasteiger partial charge is 0.573 e. The molecule has 8 rings (SSSR count). The van der Waals surface area contributed by atoms with E-state index in [1.807, 2.05) is 12.2 Å². The Morgan fingerprint density at radius 3 is 2.48 bits per heavy atom. The number of hydrogen-bond acceptors (Lipinski definition) is 10. The van der Waals surface area contributed by atoms with Crippen LogP contribution in [-0.4, -0.2) is 77.6 Å². The maximum Gasteiger partial charge on any atom is 0.573 e. The van der Waals surface area contributed by atoms with Gasteiger partial charge in [0.1, 0.15) is 23.7 Å². The van der Waals surface area contributed by atoms with Gasteiger partial charge in [0.15, 0.2) is 10.9 Å². The fourth-order valence-corrected chi connectivity index (χ4v) is 10.3. The number of amides is 3. The predicted molar refractivity (Wildman–Crippen MR) is 213 cm³/mol. The molecule has 19 heteroatoms. The number of fused-ring (bicyclic) bond motifs is 5. The second kappa shape index (κ2) is 15.9. The van der Waals surface area contributed by atoms with Crippen molar-refractivity contribution in [3.8, 4) is 11.6 Å². The van der Waals surface area contributed by atoms with Crippen molar-refractivity contribution in [1.82, 2.24) is 19.9 Å². The summed E-state index contributed by atoms with van der Waals surface area (Å²) in [7, 11) is -4.07. The summed E-state index contributed by atoms with van der Waals surface area (Å²) in [5.74, 6) is -4.64. The Balaban J connectivity index is 1.14. The summed E-state index contributed by atoms with van der Waals surface area (Å²) in [4.78, 5) is 62.3. The van der Waals surface area contributed by atoms with E-state index >= 15 is 0 Å². The molecule has 3 amide bonds. The first kappa shape index (κ1) is 42.5. The monoisotopic (exact) mass is 888 g/mol. The van der Waals surface area contributed by atoms with Gasteiger partial charge < -0.3 is 19.7 Å². The summed E-state index contributed by atoms with van der Waals surface area (Å²) in [6.07, 6.45) is 0.618. The number of aromatic nitrogens is 1. The van der Waals surface area contributed by atoms with E-state index in [9.17, 15) is 49.5 Å². The molecule has 2 aromatic carbocycles. The number of benzene rings is 2. The highest BCUT2D eigenvalue weighted by Gasteiger charge is 2.62. The number of carbonyl (C=O) groups excluding carboxylic acids is 4. The standard InChI is InChI=1S/C42H41F5N4O8S2/c1-40(15-16-40)61(56,57)50-39(55)41-20-23(41)7-5-3-2-4-6-8-30(48-36(53)34-13-14-35(44)60-34)38(54)51-22-26(19-32(51)33(52)21-41)58-37-29-17-24(43)9-11-27(29)28-12-10-25(18-31(28)49-37)59-42(45,46)47/h5,7,9-14,17-18,23,26,30,32H,2-4,6,8,15-16,19-22H2,1H3,(H,48,53)(H,50,55)/b7-5-/t23-,26-,30+,32+,41-/m1/s1. The molecule has 0 spiro atoms. The Bertz CT molecular complexity index is 2580. The van der Waals surface area contributed by atoms with Crippen LogP contribution in [0.25, 0.3) is 21.7 Å². The third-order valence-corrected chi connectivity index (χ3v) is 15.2. The molecule has 12 nitrogen and oxygen atoms in total. The van der Waals surface area contributed by atoms with Crippen molar-refractivity contribution in [2.45, 2.75) is 100 Å². The number of ketones is 1. The summed E-state index contributed by atoms with van der Waals surface area (Å²) in [5, 5.41) is 3.00. The van der Waals surface area contributed by atoms with Gasteiger partial charge >= 0.3 is 6.36 Å². The van der Waals surface area contributed by atoms with E-state index in [2.05, 4.69) is 19.8 Å². The van der Waals surface area contributed by atoms with Crippen LogP contribution in [0.3, 0.4) is 0 Å². The molecular formula is C42H41F5N4O8S2. The van der Waals surface area contributed by atoms with E-state index in [0.29, 0.717) is 60.6 Å². The molecule has 2 aromatic heterocycles. The Morgan fingerprint density at radius 1 is 0.984 bits per heavy atom. The van der Waals surface area contributed by atoms with Crippen molar-refractivity contribution >= 4 is 66.5 Å². The van der Waals surface area contributed by atoms with Gasteiger partial charge in [-0.3, -0.25) is 23.9 Å². The number of carbonyl (C=O) groups is 4. The third kappa shape index (κ3) is 8.81. The third-order valence-electron chi connectivity index (χ3n) is 12.2. The van der Waals surface area contributed by atoms with E-state index < -0.39 is 97.3 Å².